The van der Waals surface area contributed by atoms with Crippen LogP contribution in [0.1, 0.15) is 21.6 Å². The number of rotatable bonds is 3. The van der Waals surface area contributed by atoms with Crippen LogP contribution in [0.4, 0.5) is 0 Å². The SMILES string of the molecule is COC(=O)c1ccc2[nH]c3c(c2c1)CN(S(=O)(=O)c1ccc(Cl)nc1Cl)CC3. The number of pyridine rings is 1. The molecule has 1 N–H and O–H groups in total. The number of nitrogens with zero attached hydrogens (tertiary/aromatic N) is 2. The molecule has 3 heterocycles. The second-order valence-corrected chi connectivity index (χ2v) is 9.00. The van der Waals surface area contributed by atoms with Crippen molar-refractivity contribution in [1.29, 1.82) is 0 Å². The van der Waals surface area contributed by atoms with E-state index in [-0.39, 0.29) is 21.7 Å². The van der Waals surface area contributed by atoms with Gasteiger partial charge in [-0.05, 0) is 35.9 Å². The summed E-state index contributed by atoms with van der Waals surface area (Å²) in [5.74, 6) is -0.448. The molecule has 146 valence electrons. The minimum absolute atomic E-state index is 0.0860. The summed E-state index contributed by atoms with van der Waals surface area (Å²) in [6.45, 7) is 0.451. The molecule has 0 aliphatic carbocycles. The molecule has 10 heteroatoms. The monoisotopic (exact) mass is 439 g/mol. The van der Waals surface area contributed by atoms with Gasteiger partial charge >= 0.3 is 5.97 Å². The Morgan fingerprint density at radius 1 is 1.25 bits per heavy atom. The molecule has 0 spiro atoms. The number of esters is 1. The summed E-state index contributed by atoms with van der Waals surface area (Å²) >= 11 is 11.8. The zero-order valence-corrected chi connectivity index (χ0v) is 17.0. The number of benzene rings is 1. The van der Waals surface area contributed by atoms with Gasteiger partial charge in [0.05, 0.1) is 12.7 Å². The minimum atomic E-state index is -3.86. The van der Waals surface area contributed by atoms with Gasteiger partial charge < -0.3 is 9.72 Å². The highest BCUT2D eigenvalue weighted by atomic mass is 35.5. The van der Waals surface area contributed by atoms with Crippen molar-refractivity contribution < 1.29 is 17.9 Å². The fourth-order valence-electron chi connectivity index (χ4n) is 3.37. The lowest BCUT2D eigenvalue weighted by molar-refractivity contribution is 0.0601. The van der Waals surface area contributed by atoms with E-state index in [0.29, 0.717) is 18.5 Å². The third-order valence-electron chi connectivity index (χ3n) is 4.76. The molecule has 0 fully saturated rings. The van der Waals surface area contributed by atoms with Crippen LogP contribution < -0.4 is 0 Å². The van der Waals surface area contributed by atoms with E-state index in [9.17, 15) is 13.2 Å². The Morgan fingerprint density at radius 3 is 2.75 bits per heavy atom. The van der Waals surface area contributed by atoms with Gasteiger partial charge in [-0.1, -0.05) is 23.2 Å². The second kappa shape index (κ2) is 7.04. The quantitative estimate of drug-likeness (QED) is 0.498. The molecular weight excluding hydrogens is 425 g/mol. The number of halogens is 2. The second-order valence-electron chi connectivity index (χ2n) is 6.35. The molecule has 7 nitrogen and oxygen atoms in total. The number of aromatic amines is 1. The van der Waals surface area contributed by atoms with Crippen molar-refractivity contribution in [2.75, 3.05) is 13.7 Å². The largest absolute Gasteiger partial charge is 0.465 e. The fraction of sp³-hybridized carbons (Fsp3) is 0.222. The third kappa shape index (κ3) is 3.16. The molecule has 1 aliphatic rings. The van der Waals surface area contributed by atoms with E-state index in [2.05, 4.69) is 9.97 Å². The van der Waals surface area contributed by atoms with Crippen molar-refractivity contribution in [2.24, 2.45) is 0 Å². The number of ether oxygens (including phenoxy) is 1. The van der Waals surface area contributed by atoms with E-state index in [1.165, 1.54) is 23.5 Å². The van der Waals surface area contributed by atoms with Crippen LogP contribution in [0.2, 0.25) is 10.3 Å². The Bertz CT molecular complexity index is 1210. The highest BCUT2D eigenvalue weighted by molar-refractivity contribution is 7.89. The first-order valence-corrected chi connectivity index (χ1v) is 10.5. The maximum Gasteiger partial charge on any atom is 0.337 e. The van der Waals surface area contributed by atoms with E-state index in [4.69, 9.17) is 27.9 Å². The molecule has 0 atom stereocenters. The number of sulfonamides is 1. The zero-order chi connectivity index (χ0) is 20.1. The molecule has 1 aromatic carbocycles. The molecule has 3 aromatic rings. The summed E-state index contributed by atoms with van der Waals surface area (Å²) in [6.07, 6.45) is 0.509. The van der Waals surface area contributed by atoms with Crippen LogP contribution in [-0.4, -0.2) is 42.3 Å². The van der Waals surface area contributed by atoms with Crippen LogP contribution in [0.3, 0.4) is 0 Å². The van der Waals surface area contributed by atoms with Crippen molar-refractivity contribution in [1.82, 2.24) is 14.3 Å². The molecule has 0 radical (unpaired) electrons. The molecule has 0 bridgehead atoms. The molecule has 28 heavy (non-hydrogen) atoms. The van der Waals surface area contributed by atoms with Gasteiger partial charge in [0.15, 0.2) is 5.15 Å². The number of methoxy groups -OCH3 is 1. The van der Waals surface area contributed by atoms with E-state index in [1.54, 1.807) is 18.2 Å². The standard InChI is InChI=1S/C18H15Cl2N3O4S/c1-27-18(24)10-2-3-13-11(8-10)12-9-23(7-6-14(12)21-13)28(25,26)15-4-5-16(19)22-17(15)20/h2-5,8,21H,6-7,9H2,1H3. The Balaban J connectivity index is 1.75. The average Bonchev–Trinajstić information content (AvgIpc) is 3.04. The molecule has 0 unspecified atom stereocenters. The normalized spacial score (nSPS) is 14.8. The van der Waals surface area contributed by atoms with Gasteiger partial charge in [0.2, 0.25) is 10.0 Å². The summed E-state index contributed by atoms with van der Waals surface area (Å²) in [7, 11) is -2.54. The summed E-state index contributed by atoms with van der Waals surface area (Å²) < 4.78 is 32.3. The molecule has 1 aliphatic heterocycles. The van der Waals surface area contributed by atoms with Gasteiger partial charge in [0, 0.05) is 36.1 Å². The zero-order valence-electron chi connectivity index (χ0n) is 14.7. The Kier molecular flexibility index (Phi) is 4.83. The van der Waals surface area contributed by atoms with Crippen LogP contribution >= 0.6 is 23.2 Å². The number of carbonyl (C=O) groups is 1. The minimum Gasteiger partial charge on any atom is -0.465 e. The van der Waals surface area contributed by atoms with E-state index < -0.39 is 16.0 Å². The first-order chi connectivity index (χ1) is 13.3. The third-order valence-corrected chi connectivity index (χ3v) is 7.25. The van der Waals surface area contributed by atoms with Crippen LogP contribution in [0, 0.1) is 0 Å². The van der Waals surface area contributed by atoms with Crippen molar-refractivity contribution in [3.05, 3.63) is 57.5 Å². The molecule has 2 aromatic heterocycles. The van der Waals surface area contributed by atoms with Crippen LogP contribution in [-0.2, 0) is 27.7 Å². The number of nitrogens with one attached hydrogen (secondary N) is 1. The number of aromatic nitrogens is 2. The maximum absolute atomic E-state index is 13.1. The van der Waals surface area contributed by atoms with E-state index in [1.807, 2.05) is 0 Å². The number of H-pyrrole nitrogens is 1. The van der Waals surface area contributed by atoms with Crippen LogP contribution in [0.25, 0.3) is 10.9 Å². The van der Waals surface area contributed by atoms with Gasteiger partial charge in [0.1, 0.15) is 10.0 Å². The molecule has 0 amide bonds. The fourth-order valence-corrected chi connectivity index (χ4v) is 5.41. The number of fused-ring (bicyclic) bond motifs is 3. The van der Waals surface area contributed by atoms with E-state index >= 15 is 0 Å². The van der Waals surface area contributed by atoms with E-state index in [0.717, 1.165) is 22.2 Å². The predicted molar refractivity (Wildman–Crippen MR) is 105 cm³/mol. The van der Waals surface area contributed by atoms with Crippen molar-refractivity contribution in [2.45, 2.75) is 17.9 Å². The lowest BCUT2D eigenvalue weighted by atomic mass is 10.0. The average molecular weight is 440 g/mol. The summed E-state index contributed by atoms with van der Waals surface area (Å²) in [5, 5.41) is 0.750. The highest BCUT2D eigenvalue weighted by Gasteiger charge is 2.32. The van der Waals surface area contributed by atoms with Crippen molar-refractivity contribution in [3.8, 4) is 0 Å². The first kappa shape index (κ1) is 19.2. The predicted octanol–water partition coefficient (Wildman–Crippen LogP) is 3.40. The molecule has 4 rings (SSSR count). The van der Waals surface area contributed by atoms with Gasteiger partial charge in [-0.25, -0.2) is 18.2 Å². The van der Waals surface area contributed by atoms with Crippen molar-refractivity contribution >= 4 is 50.1 Å². The molecule has 0 saturated carbocycles. The van der Waals surface area contributed by atoms with Gasteiger partial charge in [-0.2, -0.15) is 4.31 Å². The first-order valence-electron chi connectivity index (χ1n) is 8.35. The Morgan fingerprint density at radius 2 is 2.04 bits per heavy atom. The van der Waals surface area contributed by atoms with Crippen LogP contribution in [0.15, 0.2) is 35.2 Å². The maximum atomic E-state index is 13.1. The number of hydrogen-bond donors (Lipinski definition) is 1. The lowest BCUT2D eigenvalue weighted by Gasteiger charge is -2.26. The smallest absolute Gasteiger partial charge is 0.337 e. The number of carbonyl (C=O) groups excluding carboxylic acids is 1. The highest BCUT2D eigenvalue weighted by Crippen LogP contribution is 2.33. The molecular formula is C18H15Cl2N3O4S. The summed E-state index contributed by atoms with van der Waals surface area (Å²) in [4.78, 5) is 18.9. The van der Waals surface area contributed by atoms with Crippen molar-refractivity contribution in [3.63, 3.8) is 0 Å². The van der Waals surface area contributed by atoms with Crippen LogP contribution in [0.5, 0.6) is 0 Å². The molecule has 0 saturated heterocycles. The van der Waals surface area contributed by atoms with Gasteiger partial charge in [-0.15, -0.1) is 0 Å². The Labute approximate surface area is 171 Å². The Hall–Kier alpha value is -2.13. The summed E-state index contributed by atoms with van der Waals surface area (Å²) in [5.41, 5.74) is 3.02. The summed E-state index contributed by atoms with van der Waals surface area (Å²) in [6, 6.07) is 7.92. The lowest BCUT2D eigenvalue weighted by Crippen LogP contribution is -2.36. The van der Waals surface area contributed by atoms with Gasteiger partial charge in [0.25, 0.3) is 0 Å². The van der Waals surface area contributed by atoms with Gasteiger partial charge in [-0.3, -0.25) is 0 Å². The number of hydrogen-bond acceptors (Lipinski definition) is 5. The topological polar surface area (TPSA) is 92.4 Å².